The van der Waals surface area contributed by atoms with Crippen LogP contribution in [0.5, 0.6) is 0 Å². The quantitative estimate of drug-likeness (QED) is 0.498. The summed E-state index contributed by atoms with van der Waals surface area (Å²) < 4.78 is 12.0. The molecule has 0 radical (unpaired) electrons. The summed E-state index contributed by atoms with van der Waals surface area (Å²) in [7, 11) is -1.75. The molecule has 1 fully saturated rings. The maximum absolute atomic E-state index is 12.0. The third-order valence-electron chi connectivity index (χ3n) is 2.51. The molecular formula is C8H17OP. The van der Waals surface area contributed by atoms with Crippen molar-refractivity contribution in [3.63, 3.8) is 0 Å². The van der Waals surface area contributed by atoms with Crippen LogP contribution < -0.4 is 0 Å². The number of hydrogen-bond donors (Lipinski definition) is 0. The Bertz CT molecular complexity index is 157. The summed E-state index contributed by atoms with van der Waals surface area (Å²) in [5, 5.41) is 0.0729. The summed E-state index contributed by atoms with van der Waals surface area (Å²) in [6.45, 7) is 6.33. The molecule has 1 aliphatic heterocycles. The van der Waals surface area contributed by atoms with E-state index in [1.807, 2.05) is 0 Å². The third kappa shape index (κ3) is 1.29. The van der Waals surface area contributed by atoms with Gasteiger partial charge in [-0.15, -0.1) is 0 Å². The van der Waals surface area contributed by atoms with Gasteiger partial charge < -0.3 is 4.57 Å². The smallest absolute Gasteiger partial charge is 0.0927 e. The Morgan fingerprint density at radius 1 is 1.10 bits per heavy atom. The molecule has 0 aliphatic carbocycles. The molecule has 0 bridgehead atoms. The van der Waals surface area contributed by atoms with Crippen LogP contribution in [0.1, 0.15) is 33.6 Å². The van der Waals surface area contributed by atoms with E-state index in [-0.39, 0.29) is 5.16 Å². The molecule has 1 rings (SSSR count). The fourth-order valence-electron chi connectivity index (χ4n) is 1.52. The molecule has 1 saturated heterocycles. The summed E-state index contributed by atoms with van der Waals surface area (Å²) in [6.07, 6.45) is 4.37. The van der Waals surface area contributed by atoms with Crippen molar-refractivity contribution < 1.29 is 4.57 Å². The molecule has 1 nitrogen and oxygen atoms in total. The molecule has 10 heavy (non-hydrogen) atoms. The second-order valence-corrected chi connectivity index (χ2v) is 8.23. The van der Waals surface area contributed by atoms with Gasteiger partial charge in [-0.3, -0.25) is 0 Å². The molecule has 0 aromatic heterocycles. The van der Waals surface area contributed by atoms with E-state index in [2.05, 4.69) is 20.8 Å². The minimum absolute atomic E-state index is 0.0729. The van der Waals surface area contributed by atoms with Gasteiger partial charge in [-0.05, 0) is 12.8 Å². The van der Waals surface area contributed by atoms with Crippen LogP contribution in [0.2, 0.25) is 0 Å². The monoisotopic (exact) mass is 160 g/mol. The zero-order valence-electron chi connectivity index (χ0n) is 7.18. The first kappa shape index (κ1) is 8.33. The van der Waals surface area contributed by atoms with Crippen molar-refractivity contribution in [2.75, 3.05) is 12.3 Å². The zero-order chi connectivity index (χ0) is 7.83. The molecule has 0 aromatic carbocycles. The van der Waals surface area contributed by atoms with Crippen LogP contribution in [0, 0.1) is 0 Å². The minimum atomic E-state index is -1.75. The lowest BCUT2D eigenvalue weighted by molar-refractivity contribution is 0.553. The Kier molecular flexibility index (Phi) is 1.98. The van der Waals surface area contributed by atoms with Crippen LogP contribution in [0.15, 0.2) is 0 Å². The normalized spacial score (nSPS) is 25.1. The van der Waals surface area contributed by atoms with E-state index < -0.39 is 7.14 Å². The molecule has 0 atom stereocenters. The predicted octanol–water partition coefficient (Wildman–Crippen LogP) is 2.94. The molecule has 0 saturated carbocycles. The van der Waals surface area contributed by atoms with Crippen molar-refractivity contribution in [1.29, 1.82) is 0 Å². The lowest BCUT2D eigenvalue weighted by Gasteiger charge is -2.26. The molecule has 0 aromatic rings. The highest BCUT2D eigenvalue weighted by atomic mass is 31.2. The number of rotatable bonds is 0. The van der Waals surface area contributed by atoms with Gasteiger partial charge in [0.15, 0.2) is 0 Å². The van der Waals surface area contributed by atoms with Crippen LogP contribution in [0.25, 0.3) is 0 Å². The Morgan fingerprint density at radius 3 is 1.70 bits per heavy atom. The molecule has 60 valence electrons. The molecule has 0 spiro atoms. The lowest BCUT2D eigenvalue weighted by atomic mass is 10.3. The van der Waals surface area contributed by atoms with E-state index in [1.54, 1.807) is 0 Å². The van der Waals surface area contributed by atoms with Crippen molar-refractivity contribution in [2.24, 2.45) is 0 Å². The zero-order valence-corrected chi connectivity index (χ0v) is 8.08. The van der Waals surface area contributed by atoms with Gasteiger partial charge in [0, 0.05) is 17.5 Å². The van der Waals surface area contributed by atoms with E-state index in [9.17, 15) is 4.57 Å². The van der Waals surface area contributed by atoms with Crippen molar-refractivity contribution in [3.05, 3.63) is 0 Å². The molecule has 2 heteroatoms. The van der Waals surface area contributed by atoms with E-state index in [0.717, 1.165) is 12.3 Å². The topological polar surface area (TPSA) is 17.1 Å². The van der Waals surface area contributed by atoms with Gasteiger partial charge in [-0.1, -0.05) is 20.8 Å². The second-order valence-electron chi connectivity index (χ2n) is 4.21. The van der Waals surface area contributed by atoms with E-state index in [0.29, 0.717) is 0 Å². The highest BCUT2D eigenvalue weighted by molar-refractivity contribution is 7.65. The van der Waals surface area contributed by atoms with Crippen LogP contribution in [-0.4, -0.2) is 17.5 Å². The Morgan fingerprint density at radius 2 is 1.50 bits per heavy atom. The van der Waals surface area contributed by atoms with Gasteiger partial charge in [0.2, 0.25) is 0 Å². The minimum Gasteiger partial charge on any atom is -0.323 e. The fraction of sp³-hybridized carbons (Fsp3) is 1.00. The van der Waals surface area contributed by atoms with Crippen molar-refractivity contribution >= 4 is 7.14 Å². The summed E-state index contributed by atoms with van der Waals surface area (Å²) >= 11 is 0. The van der Waals surface area contributed by atoms with Crippen LogP contribution in [-0.2, 0) is 4.57 Å². The van der Waals surface area contributed by atoms with Crippen molar-refractivity contribution in [2.45, 2.75) is 38.8 Å². The Hall–Kier alpha value is 0.230. The maximum atomic E-state index is 12.0. The molecular weight excluding hydrogens is 143 g/mol. The number of hydrogen-bond acceptors (Lipinski definition) is 1. The first-order valence-corrected chi connectivity index (χ1v) is 6.12. The summed E-state index contributed by atoms with van der Waals surface area (Å²) in [5.41, 5.74) is 0. The van der Waals surface area contributed by atoms with Gasteiger partial charge >= 0.3 is 0 Å². The molecule has 0 N–H and O–H groups in total. The van der Waals surface area contributed by atoms with Crippen molar-refractivity contribution in [3.8, 4) is 0 Å². The molecule has 0 unspecified atom stereocenters. The summed E-state index contributed by atoms with van der Waals surface area (Å²) in [6, 6.07) is 0. The lowest BCUT2D eigenvalue weighted by Crippen LogP contribution is -2.15. The average Bonchev–Trinajstić information content (AvgIpc) is 2.13. The van der Waals surface area contributed by atoms with Crippen molar-refractivity contribution in [1.82, 2.24) is 0 Å². The SMILES string of the molecule is CC(C)(C)P1(=O)CCCC1. The van der Waals surface area contributed by atoms with Crippen LogP contribution in [0.4, 0.5) is 0 Å². The van der Waals surface area contributed by atoms with Crippen LogP contribution >= 0.6 is 7.14 Å². The largest absolute Gasteiger partial charge is 0.323 e. The maximum Gasteiger partial charge on any atom is 0.0927 e. The van der Waals surface area contributed by atoms with Gasteiger partial charge in [0.05, 0.1) is 7.14 Å². The Labute approximate surface area is 63.6 Å². The highest BCUT2D eigenvalue weighted by Gasteiger charge is 2.38. The van der Waals surface area contributed by atoms with E-state index >= 15 is 0 Å². The van der Waals surface area contributed by atoms with Gasteiger partial charge in [-0.25, -0.2) is 0 Å². The third-order valence-corrected chi connectivity index (χ3v) is 7.03. The van der Waals surface area contributed by atoms with Crippen LogP contribution in [0.3, 0.4) is 0 Å². The van der Waals surface area contributed by atoms with Gasteiger partial charge in [0.1, 0.15) is 0 Å². The molecule has 0 amide bonds. The van der Waals surface area contributed by atoms with Gasteiger partial charge in [-0.2, -0.15) is 0 Å². The average molecular weight is 160 g/mol. The summed E-state index contributed by atoms with van der Waals surface area (Å²) in [4.78, 5) is 0. The standard InChI is InChI=1S/C8H17OP/c1-8(2,3)10(9)6-4-5-7-10/h4-7H2,1-3H3. The molecule has 1 aliphatic rings. The fourth-order valence-corrected chi connectivity index (χ4v) is 4.55. The first-order valence-electron chi connectivity index (χ1n) is 4.04. The Balaban J connectivity index is 2.78. The first-order chi connectivity index (χ1) is 4.46. The van der Waals surface area contributed by atoms with E-state index in [4.69, 9.17) is 0 Å². The second kappa shape index (κ2) is 2.37. The summed E-state index contributed by atoms with van der Waals surface area (Å²) in [5.74, 6) is 0. The predicted molar refractivity (Wildman–Crippen MR) is 46.3 cm³/mol. The highest BCUT2D eigenvalue weighted by Crippen LogP contribution is 2.61. The van der Waals surface area contributed by atoms with Gasteiger partial charge in [0.25, 0.3) is 0 Å². The van der Waals surface area contributed by atoms with E-state index in [1.165, 1.54) is 12.8 Å². The molecule has 1 heterocycles.